The van der Waals surface area contributed by atoms with E-state index in [2.05, 4.69) is 10.1 Å². The van der Waals surface area contributed by atoms with Crippen molar-refractivity contribution in [2.24, 2.45) is 5.10 Å². The first-order valence-electron chi connectivity index (χ1n) is 9.19. The van der Waals surface area contributed by atoms with Gasteiger partial charge in [0.15, 0.2) is 6.61 Å². The Bertz CT molecular complexity index is 1030. The number of hydrogen-bond donors (Lipinski definition) is 0. The number of furan rings is 1. The molecule has 0 radical (unpaired) electrons. The molecule has 0 fully saturated rings. The Morgan fingerprint density at radius 2 is 2.00 bits per heavy atom. The molecule has 3 heterocycles. The van der Waals surface area contributed by atoms with E-state index in [9.17, 15) is 9.59 Å². The van der Waals surface area contributed by atoms with E-state index in [1.165, 1.54) is 11.2 Å². The molecule has 0 saturated carbocycles. The summed E-state index contributed by atoms with van der Waals surface area (Å²) in [6.07, 6.45) is 5.02. The monoisotopic (exact) mass is 389 g/mol. The molecule has 1 atom stereocenters. The molecule has 1 aliphatic rings. The minimum Gasteiger partial charge on any atom is -0.467 e. The first-order chi connectivity index (χ1) is 14.1. The lowest BCUT2D eigenvalue weighted by Gasteiger charge is -2.19. The minimum absolute atomic E-state index is 0.285. The maximum absolute atomic E-state index is 12.8. The molecule has 4 rings (SSSR count). The summed E-state index contributed by atoms with van der Waals surface area (Å²) in [5.74, 6) is -0.406. The Balaban J connectivity index is 1.52. The quantitative estimate of drug-likeness (QED) is 0.624. The van der Waals surface area contributed by atoms with Gasteiger partial charge < -0.3 is 9.15 Å². The fourth-order valence-electron chi connectivity index (χ4n) is 3.12. The molecule has 1 aromatic carbocycles. The molecule has 0 N–H and O–H groups in total. The van der Waals surface area contributed by atoms with Crippen LogP contribution < -0.4 is 0 Å². The van der Waals surface area contributed by atoms with E-state index in [1.807, 2.05) is 31.2 Å². The lowest BCUT2D eigenvalue weighted by molar-refractivity contribution is -0.136. The molecule has 1 amide bonds. The number of aromatic nitrogens is 1. The molecular formula is C22H19N3O4. The van der Waals surface area contributed by atoms with Gasteiger partial charge in [-0.05, 0) is 36.8 Å². The van der Waals surface area contributed by atoms with E-state index in [0.29, 0.717) is 12.2 Å². The van der Waals surface area contributed by atoms with Gasteiger partial charge in [-0.15, -0.1) is 0 Å². The Kier molecular flexibility index (Phi) is 5.20. The molecule has 0 spiro atoms. The maximum atomic E-state index is 12.8. The number of pyridine rings is 1. The number of carbonyl (C=O) groups excluding carboxylic acids is 2. The molecule has 2 aromatic heterocycles. The molecule has 1 aliphatic heterocycles. The number of rotatable bonds is 5. The third kappa shape index (κ3) is 4.08. The van der Waals surface area contributed by atoms with Crippen molar-refractivity contribution in [3.63, 3.8) is 0 Å². The van der Waals surface area contributed by atoms with Crippen molar-refractivity contribution in [1.29, 1.82) is 0 Å². The molecule has 146 valence electrons. The summed E-state index contributed by atoms with van der Waals surface area (Å²) in [5, 5.41) is 5.85. The topological polar surface area (TPSA) is 85.0 Å². The van der Waals surface area contributed by atoms with Gasteiger partial charge >= 0.3 is 5.97 Å². The van der Waals surface area contributed by atoms with E-state index >= 15 is 0 Å². The lowest BCUT2D eigenvalue weighted by atomic mass is 10.0. The number of hydrazone groups is 1. The minimum atomic E-state index is -0.608. The van der Waals surface area contributed by atoms with Gasteiger partial charge in [-0.2, -0.15) is 5.10 Å². The average Bonchev–Trinajstić information content (AvgIpc) is 3.43. The van der Waals surface area contributed by atoms with Gasteiger partial charge in [0.05, 0.1) is 17.5 Å². The van der Waals surface area contributed by atoms with Crippen LogP contribution >= 0.6 is 0 Å². The predicted molar refractivity (Wildman–Crippen MR) is 105 cm³/mol. The number of benzene rings is 1. The van der Waals surface area contributed by atoms with Crippen molar-refractivity contribution in [1.82, 2.24) is 9.99 Å². The van der Waals surface area contributed by atoms with Gasteiger partial charge in [-0.25, -0.2) is 9.80 Å². The highest BCUT2D eigenvalue weighted by atomic mass is 16.5. The highest BCUT2D eigenvalue weighted by molar-refractivity contribution is 6.03. The van der Waals surface area contributed by atoms with Gasteiger partial charge in [0.25, 0.3) is 5.91 Å². The van der Waals surface area contributed by atoms with Gasteiger partial charge in [0, 0.05) is 18.8 Å². The maximum Gasteiger partial charge on any atom is 0.340 e. The highest BCUT2D eigenvalue weighted by Crippen LogP contribution is 2.33. The van der Waals surface area contributed by atoms with Crippen LogP contribution in [0.4, 0.5) is 0 Å². The summed E-state index contributed by atoms with van der Waals surface area (Å²) >= 11 is 0. The number of hydrogen-bond acceptors (Lipinski definition) is 6. The normalized spacial score (nSPS) is 15.8. The zero-order valence-electron chi connectivity index (χ0n) is 15.8. The third-order valence-electron chi connectivity index (χ3n) is 4.65. The second-order valence-electron chi connectivity index (χ2n) is 6.70. The van der Waals surface area contributed by atoms with E-state index in [0.717, 1.165) is 16.8 Å². The third-order valence-corrected chi connectivity index (χ3v) is 4.65. The molecule has 3 aromatic rings. The summed E-state index contributed by atoms with van der Waals surface area (Å²) < 4.78 is 10.7. The van der Waals surface area contributed by atoms with Crippen LogP contribution in [-0.4, -0.2) is 34.2 Å². The van der Waals surface area contributed by atoms with Crippen LogP contribution in [0.25, 0.3) is 0 Å². The summed E-state index contributed by atoms with van der Waals surface area (Å²) in [4.78, 5) is 28.8. The molecule has 0 saturated heterocycles. The Morgan fingerprint density at radius 3 is 2.69 bits per heavy atom. The molecular weight excluding hydrogens is 370 g/mol. The van der Waals surface area contributed by atoms with Gasteiger partial charge in [0.1, 0.15) is 11.8 Å². The van der Waals surface area contributed by atoms with E-state index < -0.39 is 18.5 Å². The van der Waals surface area contributed by atoms with Crippen LogP contribution in [0.3, 0.4) is 0 Å². The zero-order valence-corrected chi connectivity index (χ0v) is 15.8. The van der Waals surface area contributed by atoms with Crippen molar-refractivity contribution in [3.8, 4) is 0 Å². The number of carbonyl (C=O) groups is 2. The van der Waals surface area contributed by atoms with Gasteiger partial charge in [0.2, 0.25) is 0 Å². The van der Waals surface area contributed by atoms with Crippen molar-refractivity contribution in [2.45, 2.75) is 19.4 Å². The van der Waals surface area contributed by atoms with Crippen LogP contribution in [0.5, 0.6) is 0 Å². The van der Waals surface area contributed by atoms with Crippen LogP contribution in [0.15, 0.2) is 76.7 Å². The van der Waals surface area contributed by atoms with Crippen LogP contribution in [0.1, 0.15) is 39.7 Å². The second kappa shape index (κ2) is 8.10. The largest absolute Gasteiger partial charge is 0.467 e. The number of nitrogens with zero attached hydrogens (tertiary/aromatic N) is 3. The molecule has 7 heteroatoms. The first-order valence-corrected chi connectivity index (χ1v) is 9.19. The Labute approximate surface area is 167 Å². The van der Waals surface area contributed by atoms with Gasteiger partial charge in [-0.1, -0.05) is 29.8 Å². The molecule has 0 aliphatic carbocycles. The molecule has 29 heavy (non-hydrogen) atoms. The highest BCUT2D eigenvalue weighted by Gasteiger charge is 2.35. The van der Waals surface area contributed by atoms with Crippen LogP contribution in [0.2, 0.25) is 0 Å². The Hall–Kier alpha value is -3.74. The van der Waals surface area contributed by atoms with Crippen LogP contribution in [-0.2, 0) is 9.53 Å². The number of aryl methyl sites for hydroxylation is 1. The molecule has 0 unspecified atom stereocenters. The van der Waals surface area contributed by atoms with E-state index in [-0.39, 0.29) is 11.6 Å². The van der Waals surface area contributed by atoms with Crippen molar-refractivity contribution in [2.75, 3.05) is 6.61 Å². The standard InChI is InChI=1S/C22H19N3O4/c1-15-6-8-16(9-7-15)18-12-19(20-5-3-11-28-20)25(24-18)21(26)14-29-22(27)17-4-2-10-23-13-17/h2-11,13,19H,12,14H2,1H3/t19-/m1/s1. The smallest absolute Gasteiger partial charge is 0.340 e. The fourth-order valence-corrected chi connectivity index (χ4v) is 3.12. The van der Waals surface area contributed by atoms with Crippen molar-refractivity contribution in [3.05, 3.63) is 89.6 Å². The number of esters is 1. The predicted octanol–water partition coefficient (Wildman–Crippen LogP) is 3.52. The summed E-state index contributed by atoms with van der Waals surface area (Å²) in [6.45, 7) is 1.59. The summed E-state index contributed by atoms with van der Waals surface area (Å²) in [5.41, 5.74) is 3.14. The lowest BCUT2D eigenvalue weighted by Crippen LogP contribution is -2.31. The average molecular weight is 389 g/mol. The van der Waals surface area contributed by atoms with E-state index in [4.69, 9.17) is 9.15 Å². The zero-order chi connectivity index (χ0) is 20.2. The Morgan fingerprint density at radius 1 is 1.17 bits per heavy atom. The summed E-state index contributed by atoms with van der Waals surface area (Å²) in [6, 6.07) is 14.3. The fraction of sp³-hybridized carbons (Fsp3) is 0.182. The molecule has 0 bridgehead atoms. The van der Waals surface area contributed by atoms with Crippen LogP contribution in [0, 0.1) is 6.92 Å². The number of amides is 1. The molecule has 7 nitrogen and oxygen atoms in total. The van der Waals surface area contributed by atoms with E-state index in [1.54, 1.807) is 36.7 Å². The number of ether oxygens (including phenoxy) is 1. The van der Waals surface area contributed by atoms with Crippen molar-refractivity contribution < 1.29 is 18.7 Å². The first kappa shape index (κ1) is 18.6. The van der Waals surface area contributed by atoms with Gasteiger partial charge in [-0.3, -0.25) is 9.78 Å². The SMILES string of the molecule is Cc1ccc(C2=NN(C(=O)COC(=O)c3cccnc3)[C@@H](c3ccco3)C2)cc1. The van der Waals surface area contributed by atoms with Crippen molar-refractivity contribution >= 4 is 17.6 Å². The summed E-state index contributed by atoms with van der Waals surface area (Å²) in [7, 11) is 0. The second-order valence-corrected chi connectivity index (χ2v) is 6.70.